The predicted octanol–water partition coefficient (Wildman–Crippen LogP) is 1.99. The number of hydrogen-bond donors (Lipinski definition) is 1. The van der Waals surface area contributed by atoms with Crippen LogP contribution in [0, 0.1) is 5.92 Å². The van der Waals surface area contributed by atoms with Gasteiger partial charge < -0.3 is 9.80 Å². The summed E-state index contributed by atoms with van der Waals surface area (Å²) >= 11 is 0. The third-order valence-electron chi connectivity index (χ3n) is 4.61. The van der Waals surface area contributed by atoms with Crippen LogP contribution in [0.25, 0.3) is 17.2 Å². The lowest BCUT2D eigenvalue weighted by molar-refractivity contribution is 0.311. The van der Waals surface area contributed by atoms with E-state index in [1.54, 1.807) is 12.4 Å². The molecule has 0 amide bonds. The number of hydrazone groups is 1. The first-order chi connectivity index (χ1) is 13.6. The van der Waals surface area contributed by atoms with Crippen molar-refractivity contribution < 1.29 is 0 Å². The number of anilines is 2. The Kier molecular flexibility index (Phi) is 5.16. The van der Waals surface area contributed by atoms with Gasteiger partial charge in [0.25, 0.3) is 5.78 Å². The Labute approximate surface area is 164 Å². The molecule has 0 saturated carbocycles. The number of likely N-dealkylation sites (N-methyl/N-ethyl adjacent to an activating group) is 1. The molecule has 3 aromatic rings. The predicted molar refractivity (Wildman–Crippen MR) is 111 cm³/mol. The minimum atomic E-state index is 0.361. The van der Waals surface area contributed by atoms with Crippen LogP contribution in [0.4, 0.5) is 11.6 Å². The molecule has 0 spiro atoms. The maximum Gasteiger partial charge on any atom is 0.256 e. The van der Waals surface area contributed by atoms with Gasteiger partial charge in [-0.3, -0.25) is 10.4 Å². The summed E-state index contributed by atoms with van der Waals surface area (Å²) in [6.07, 6.45) is 5.33. The van der Waals surface area contributed by atoms with Gasteiger partial charge in [0.2, 0.25) is 0 Å². The average Bonchev–Trinajstić information content (AvgIpc) is 3.13. The van der Waals surface area contributed by atoms with Crippen molar-refractivity contribution in [2.45, 2.75) is 13.8 Å². The van der Waals surface area contributed by atoms with E-state index in [1.807, 2.05) is 28.9 Å². The van der Waals surface area contributed by atoms with Crippen molar-refractivity contribution in [3.63, 3.8) is 0 Å². The molecular formula is C19H25N9. The lowest BCUT2D eigenvalue weighted by Gasteiger charge is -2.33. The van der Waals surface area contributed by atoms with Crippen molar-refractivity contribution in [1.29, 1.82) is 0 Å². The van der Waals surface area contributed by atoms with Crippen molar-refractivity contribution in [3.05, 3.63) is 30.6 Å². The smallest absolute Gasteiger partial charge is 0.256 e. The third kappa shape index (κ3) is 3.94. The summed E-state index contributed by atoms with van der Waals surface area (Å²) in [6.45, 7) is 8.02. The van der Waals surface area contributed by atoms with E-state index >= 15 is 0 Å². The monoisotopic (exact) mass is 379 g/mol. The summed E-state index contributed by atoms with van der Waals surface area (Å²) in [5.74, 6) is 3.17. The fourth-order valence-electron chi connectivity index (χ4n) is 3.05. The van der Waals surface area contributed by atoms with Crippen LogP contribution in [-0.4, -0.2) is 68.9 Å². The zero-order valence-corrected chi connectivity index (χ0v) is 16.4. The minimum Gasteiger partial charge on any atom is -0.354 e. The number of aromatic nitrogens is 5. The fraction of sp³-hybridized carbons (Fsp3) is 0.421. The summed E-state index contributed by atoms with van der Waals surface area (Å²) < 4.78 is 1.82. The molecule has 146 valence electrons. The van der Waals surface area contributed by atoms with Crippen LogP contribution >= 0.6 is 0 Å². The van der Waals surface area contributed by atoms with E-state index < -0.39 is 0 Å². The topological polar surface area (TPSA) is 86.8 Å². The van der Waals surface area contributed by atoms with E-state index in [-0.39, 0.29) is 0 Å². The fourth-order valence-corrected chi connectivity index (χ4v) is 3.05. The molecular weight excluding hydrogens is 354 g/mol. The highest BCUT2D eigenvalue weighted by atomic mass is 15.4. The summed E-state index contributed by atoms with van der Waals surface area (Å²) in [4.78, 5) is 18.0. The van der Waals surface area contributed by atoms with Crippen molar-refractivity contribution in [2.75, 3.05) is 43.6 Å². The molecule has 0 bridgehead atoms. The van der Waals surface area contributed by atoms with Gasteiger partial charge in [0.15, 0.2) is 11.6 Å². The quantitative estimate of drug-likeness (QED) is 0.536. The molecule has 1 aliphatic rings. The second-order valence-electron chi connectivity index (χ2n) is 7.31. The van der Waals surface area contributed by atoms with Crippen LogP contribution in [0.2, 0.25) is 0 Å². The highest BCUT2D eigenvalue weighted by Gasteiger charge is 2.20. The molecule has 1 N–H and O–H groups in total. The summed E-state index contributed by atoms with van der Waals surface area (Å²) in [7, 11) is 2.14. The first-order valence-electron chi connectivity index (χ1n) is 9.51. The van der Waals surface area contributed by atoms with Crippen LogP contribution in [0.15, 0.2) is 35.7 Å². The number of rotatable bonds is 5. The van der Waals surface area contributed by atoms with Gasteiger partial charge in [-0.05, 0) is 25.1 Å². The van der Waals surface area contributed by atoms with Gasteiger partial charge in [-0.15, -0.1) is 5.10 Å². The van der Waals surface area contributed by atoms with Crippen LogP contribution < -0.4 is 10.3 Å². The van der Waals surface area contributed by atoms with Gasteiger partial charge in [-0.1, -0.05) is 13.8 Å². The normalized spacial score (nSPS) is 15.8. The van der Waals surface area contributed by atoms with Crippen LogP contribution in [0.3, 0.4) is 0 Å². The molecule has 1 fully saturated rings. The molecule has 1 aliphatic heterocycles. The number of nitrogens with zero attached hydrogens (tertiary/aromatic N) is 8. The van der Waals surface area contributed by atoms with Crippen molar-refractivity contribution >= 4 is 23.6 Å². The van der Waals surface area contributed by atoms with Crippen LogP contribution in [-0.2, 0) is 0 Å². The number of pyridine rings is 1. The van der Waals surface area contributed by atoms with Crippen LogP contribution in [0.1, 0.15) is 13.8 Å². The Morgan fingerprint density at radius 2 is 1.86 bits per heavy atom. The van der Waals surface area contributed by atoms with E-state index in [2.05, 4.69) is 56.2 Å². The number of fused-ring (bicyclic) bond motifs is 1. The SMILES string of the molecule is CC(C)/C=N/Nc1cc(N2CCN(C)CC2)n2nc(-c3ccncc3)nc2n1. The summed E-state index contributed by atoms with van der Waals surface area (Å²) in [5, 5.41) is 9.00. The number of nitrogens with one attached hydrogen (secondary N) is 1. The molecule has 0 unspecified atom stereocenters. The highest BCUT2D eigenvalue weighted by Crippen LogP contribution is 2.23. The molecule has 4 heterocycles. The Balaban J connectivity index is 1.75. The van der Waals surface area contributed by atoms with Gasteiger partial charge >= 0.3 is 0 Å². The average molecular weight is 379 g/mol. The molecule has 1 saturated heterocycles. The van der Waals surface area contributed by atoms with E-state index in [4.69, 9.17) is 5.10 Å². The first kappa shape index (κ1) is 18.3. The summed E-state index contributed by atoms with van der Waals surface area (Å²) in [5.41, 5.74) is 3.95. The van der Waals surface area contributed by atoms with Gasteiger partial charge in [0.05, 0.1) is 0 Å². The first-order valence-corrected chi connectivity index (χ1v) is 9.51. The number of piperazine rings is 1. The minimum absolute atomic E-state index is 0.361. The Morgan fingerprint density at radius 3 is 2.57 bits per heavy atom. The maximum absolute atomic E-state index is 4.72. The molecule has 3 aromatic heterocycles. The lowest BCUT2D eigenvalue weighted by Crippen LogP contribution is -2.45. The van der Waals surface area contributed by atoms with E-state index in [9.17, 15) is 0 Å². The van der Waals surface area contributed by atoms with Crippen molar-refractivity contribution in [2.24, 2.45) is 11.0 Å². The molecule has 0 atom stereocenters. The van der Waals surface area contributed by atoms with Crippen molar-refractivity contribution in [3.8, 4) is 11.4 Å². The lowest BCUT2D eigenvalue weighted by atomic mass is 10.3. The van der Waals surface area contributed by atoms with Gasteiger partial charge in [0, 0.05) is 56.4 Å². The zero-order valence-electron chi connectivity index (χ0n) is 16.4. The molecule has 28 heavy (non-hydrogen) atoms. The van der Waals surface area contributed by atoms with Crippen molar-refractivity contribution in [1.82, 2.24) is 29.5 Å². The van der Waals surface area contributed by atoms with Gasteiger partial charge in [-0.25, -0.2) is 0 Å². The molecule has 0 aromatic carbocycles. The second kappa shape index (κ2) is 7.89. The number of hydrogen-bond acceptors (Lipinski definition) is 8. The maximum atomic E-state index is 4.72. The Hall–Kier alpha value is -3.07. The molecule has 9 nitrogen and oxygen atoms in total. The van der Waals surface area contributed by atoms with Gasteiger partial charge in [0.1, 0.15) is 5.82 Å². The van der Waals surface area contributed by atoms with Crippen LogP contribution in [0.5, 0.6) is 0 Å². The summed E-state index contributed by atoms with van der Waals surface area (Å²) in [6, 6.07) is 5.79. The zero-order chi connectivity index (χ0) is 19.5. The highest BCUT2D eigenvalue weighted by molar-refractivity contribution is 5.64. The molecule has 9 heteroatoms. The molecule has 0 radical (unpaired) electrons. The van der Waals surface area contributed by atoms with E-state index in [0.29, 0.717) is 23.3 Å². The van der Waals surface area contributed by atoms with Gasteiger partial charge in [-0.2, -0.15) is 19.6 Å². The second-order valence-corrected chi connectivity index (χ2v) is 7.31. The Bertz CT molecular complexity index is 956. The largest absolute Gasteiger partial charge is 0.354 e. The third-order valence-corrected chi connectivity index (χ3v) is 4.61. The van der Waals surface area contributed by atoms with E-state index in [1.165, 1.54) is 0 Å². The molecule has 4 rings (SSSR count). The Morgan fingerprint density at radius 1 is 1.11 bits per heavy atom. The standard InChI is InChI=1S/C19H25N9/c1-14(2)13-21-24-16-12-17(27-10-8-26(3)9-11-27)28-19(22-16)23-18(25-28)15-4-6-20-7-5-15/h4-7,12-14H,8-11H2,1-3H3,(H,22,23,24,25)/b21-13+. The van der Waals surface area contributed by atoms with E-state index in [0.717, 1.165) is 37.6 Å². The molecule has 0 aliphatic carbocycles.